The van der Waals surface area contributed by atoms with Gasteiger partial charge in [-0.15, -0.1) is 0 Å². The summed E-state index contributed by atoms with van der Waals surface area (Å²) in [5.74, 6) is 0.0130. The molecule has 10 heteroatoms. The maximum absolute atomic E-state index is 12.1. The van der Waals surface area contributed by atoms with Crippen LogP contribution in [0.25, 0.3) is 17.1 Å². The molecular weight excluding hydrogens is 472 g/mol. The van der Waals surface area contributed by atoms with E-state index in [-0.39, 0.29) is 36.4 Å². The van der Waals surface area contributed by atoms with Crippen molar-refractivity contribution in [1.29, 1.82) is 0 Å². The van der Waals surface area contributed by atoms with Gasteiger partial charge in [-0.3, -0.25) is 4.79 Å². The third-order valence-electron chi connectivity index (χ3n) is 5.62. The summed E-state index contributed by atoms with van der Waals surface area (Å²) in [6.07, 6.45) is 4.57. The molecule has 0 atom stereocenters. The van der Waals surface area contributed by atoms with E-state index in [1.54, 1.807) is 19.3 Å². The van der Waals surface area contributed by atoms with E-state index in [1.807, 2.05) is 53.1 Å². The minimum atomic E-state index is -0.481. The first-order valence-corrected chi connectivity index (χ1v) is 11.7. The summed E-state index contributed by atoms with van der Waals surface area (Å²) in [4.78, 5) is 37.7. The summed E-state index contributed by atoms with van der Waals surface area (Å²) < 4.78 is 14.4. The molecule has 3 heterocycles. The van der Waals surface area contributed by atoms with E-state index in [2.05, 4.69) is 20.1 Å². The van der Waals surface area contributed by atoms with Gasteiger partial charge in [0.1, 0.15) is 6.61 Å². The minimum Gasteiger partial charge on any atom is -0.471 e. The topological polar surface area (TPSA) is 114 Å². The van der Waals surface area contributed by atoms with E-state index in [9.17, 15) is 9.59 Å². The first-order valence-electron chi connectivity index (χ1n) is 11.7. The van der Waals surface area contributed by atoms with Gasteiger partial charge >= 0.3 is 5.97 Å². The molecule has 0 amide bonds. The lowest BCUT2D eigenvalue weighted by Gasteiger charge is -2.10. The monoisotopic (exact) mass is 496 g/mol. The Kier molecular flexibility index (Phi) is 6.71. The fourth-order valence-corrected chi connectivity index (χ4v) is 3.79. The Morgan fingerprint density at radius 3 is 2.57 bits per heavy atom. The predicted octanol–water partition coefficient (Wildman–Crippen LogP) is 4.02. The van der Waals surface area contributed by atoms with Gasteiger partial charge in [-0.05, 0) is 31.0 Å². The highest BCUT2D eigenvalue weighted by atomic mass is 16.5. The molecule has 0 fully saturated rings. The molecule has 5 aromatic rings. The summed E-state index contributed by atoms with van der Waals surface area (Å²) >= 11 is 0. The minimum absolute atomic E-state index is 0.00497. The van der Waals surface area contributed by atoms with Crippen LogP contribution in [0.1, 0.15) is 45.7 Å². The van der Waals surface area contributed by atoms with E-state index >= 15 is 0 Å². The number of hydrogen-bond donors (Lipinski definition) is 0. The molecule has 0 bridgehead atoms. The largest absolute Gasteiger partial charge is 0.471 e. The van der Waals surface area contributed by atoms with E-state index in [1.165, 1.54) is 24.0 Å². The van der Waals surface area contributed by atoms with Crippen molar-refractivity contribution < 1.29 is 19.1 Å². The molecule has 0 unspecified atom stereocenters. The molecule has 0 N–H and O–H groups in total. The number of ether oxygens (including phenoxy) is 2. The van der Waals surface area contributed by atoms with Gasteiger partial charge in [-0.1, -0.05) is 48.5 Å². The van der Waals surface area contributed by atoms with Crippen molar-refractivity contribution >= 4 is 22.9 Å². The van der Waals surface area contributed by atoms with Crippen LogP contribution >= 0.6 is 0 Å². The number of aromatic nitrogens is 6. The molecule has 3 aromatic heterocycles. The Hall–Kier alpha value is -4.86. The molecule has 5 rings (SSSR count). The fourth-order valence-electron chi connectivity index (χ4n) is 3.79. The SMILES string of the molecule is CCOC(=O)c1cnn(-c2nc(OCc3ccccc3)c3ncn(Cc4cccc(C(C)=O)c4)c3n2)c1. The second-order valence-corrected chi connectivity index (χ2v) is 8.30. The van der Waals surface area contributed by atoms with Crippen molar-refractivity contribution in [2.75, 3.05) is 6.61 Å². The number of benzene rings is 2. The Bertz CT molecular complexity index is 1570. The summed E-state index contributed by atoms with van der Waals surface area (Å²) in [5, 5.41) is 4.25. The van der Waals surface area contributed by atoms with E-state index < -0.39 is 5.97 Å². The summed E-state index contributed by atoms with van der Waals surface area (Å²) in [6.45, 7) is 4.25. The summed E-state index contributed by atoms with van der Waals surface area (Å²) in [6, 6.07) is 17.1. The van der Waals surface area contributed by atoms with Gasteiger partial charge in [0.2, 0.25) is 5.88 Å². The van der Waals surface area contributed by atoms with Gasteiger partial charge < -0.3 is 14.0 Å². The lowest BCUT2D eigenvalue weighted by Crippen LogP contribution is -2.08. The number of carbonyl (C=O) groups excluding carboxylic acids is 2. The van der Waals surface area contributed by atoms with Crippen LogP contribution in [0, 0.1) is 0 Å². The molecule has 0 aliphatic rings. The van der Waals surface area contributed by atoms with E-state index in [0.717, 1.165) is 11.1 Å². The van der Waals surface area contributed by atoms with Crippen molar-refractivity contribution in [2.24, 2.45) is 0 Å². The normalized spacial score (nSPS) is 11.0. The van der Waals surface area contributed by atoms with Crippen LogP contribution in [0.3, 0.4) is 0 Å². The highest BCUT2D eigenvalue weighted by Crippen LogP contribution is 2.24. The molecule has 0 spiro atoms. The van der Waals surface area contributed by atoms with Gasteiger partial charge in [0.25, 0.3) is 5.95 Å². The predicted molar refractivity (Wildman–Crippen MR) is 135 cm³/mol. The maximum Gasteiger partial charge on any atom is 0.341 e. The zero-order valence-corrected chi connectivity index (χ0v) is 20.4. The summed E-state index contributed by atoms with van der Waals surface area (Å²) in [7, 11) is 0. The Morgan fingerprint density at radius 2 is 1.78 bits per heavy atom. The standard InChI is InChI=1S/C27H24N6O4/c1-3-36-26(35)22-13-29-33(15-22)27-30-24-23(25(31-27)37-16-19-8-5-4-6-9-19)28-17-32(24)14-20-10-7-11-21(12-20)18(2)34/h4-13,15,17H,3,14,16H2,1-2H3. The van der Waals surface area contributed by atoms with Crippen LogP contribution < -0.4 is 4.74 Å². The van der Waals surface area contributed by atoms with Crippen molar-refractivity contribution in [3.63, 3.8) is 0 Å². The first kappa shape index (κ1) is 23.9. The highest BCUT2D eigenvalue weighted by Gasteiger charge is 2.18. The smallest absolute Gasteiger partial charge is 0.341 e. The Labute approximate surface area is 212 Å². The third kappa shape index (κ3) is 5.22. The zero-order chi connectivity index (χ0) is 25.8. The number of hydrogen-bond acceptors (Lipinski definition) is 8. The number of esters is 1. The molecule has 186 valence electrons. The molecule has 0 aliphatic heterocycles. The molecule has 37 heavy (non-hydrogen) atoms. The lowest BCUT2D eigenvalue weighted by molar-refractivity contribution is 0.0526. The van der Waals surface area contributed by atoms with Crippen molar-refractivity contribution in [3.05, 3.63) is 95.6 Å². The van der Waals surface area contributed by atoms with Crippen LogP contribution in [0.2, 0.25) is 0 Å². The second kappa shape index (κ2) is 10.4. The summed E-state index contributed by atoms with van der Waals surface area (Å²) in [5.41, 5.74) is 3.82. The number of nitrogens with zero attached hydrogens (tertiary/aromatic N) is 6. The number of imidazole rings is 1. The quantitative estimate of drug-likeness (QED) is 0.222. The third-order valence-corrected chi connectivity index (χ3v) is 5.62. The van der Waals surface area contributed by atoms with Crippen LogP contribution in [-0.2, 0) is 17.9 Å². The molecule has 0 saturated heterocycles. The molecule has 2 aromatic carbocycles. The van der Waals surface area contributed by atoms with Crippen LogP contribution in [-0.4, -0.2) is 47.7 Å². The van der Waals surface area contributed by atoms with Crippen molar-refractivity contribution in [3.8, 4) is 11.8 Å². The maximum atomic E-state index is 12.1. The van der Waals surface area contributed by atoms with Gasteiger partial charge in [0, 0.05) is 11.8 Å². The first-order chi connectivity index (χ1) is 18.0. The van der Waals surface area contributed by atoms with E-state index in [0.29, 0.717) is 23.3 Å². The number of carbonyl (C=O) groups is 2. The van der Waals surface area contributed by atoms with Crippen LogP contribution in [0.5, 0.6) is 5.88 Å². The second-order valence-electron chi connectivity index (χ2n) is 8.30. The Morgan fingerprint density at radius 1 is 0.973 bits per heavy atom. The van der Waals surface area contributed by atoms with Crippen molar-refractivity contribution in [2.45, 2.75) is 27.0 Å². The van der Waals surface area contributed by atoms with E-state index in [4.69, 9.17) is 9.47 Å². The average molecular weight is 497 g/mol. The van der Waals surface area contributed by atoms with Crippen molar-refractivity contribution in [1.82, 2.24) is 29.3 Å². The lowest BCUT2D eigenvalue weighted by atomic mass is 10.1. The fraction of sp³-hybridized carbons (Fsp3) is 0.185. The van der Waals surface area contributed by atoms with Crippen LogP contribution in [0.4, 0.5) is 0 Å². The van der Waals surface area contributed by atoms with Gasteiger partial charge in [0.05, 0.1) is 31.2 Å². The molecule has 0 aliphatic carbocycles. The Balaban J connectivity index is 1.54. The van der Waals surface area contributed by atoms with Gasteiger partial charge in [0.15, 0.2) is 16.9 Å². The van der Waals surface area contributed by atoms with Gasteiger partial charge in [-0.25, -0.2) is 14.5 Å². The molecule has 10 nitrogen and oxygen atoms in total. The molecule has 0 radical (unpaired) electrons. The number of ketones is 1. The zero-order valence-electron chi connectivity index (χ0n) is 20.4. The number of rotatable bonds is 9. The van der Waals surface area contributed by atoms with Crippen LogP contribution in [0.15, 0.2) is 73.3 Å². The average Bonchev–Trinajstić information content (AvgIpc) is 3.56. The molecule has 0 saturated carbocycles. The number of fused-ring (bicyclic) bond motifs is 1. The number of Topliss-reactive ketones (excluding diaryl/α,β-unsaturated/α-hetero) is 1. The molecular formula is C27H24N6O4. The highest BCUT2D eigenvalue weighted by molar-refractivity contribution is 5.94. The van der Waals surface area contributed by atoms with Gasteiger partial charge in [-0.2, -0.15) is 15.1 Å².